The second-order valence-electron chi connectivity index (χ2n) is 7.60. The average molecular weight is 398 g/mol. The van der Waals surface area contributed by atoms with Crippen LogP contribution in [0.15, 0.2) is 45.9 Å². The van der Waals surface area contributed by atoms with Gasteiger partial charge >= 0.3 is 0 Å². The first-order valence-electron chi connectivity index (χ1n) is 10.3. The quantitative estimate of drug-likeness (QED) is 0.420. The first kappa shape index (κ1) is 19.2. The van der Waals surface area contributed by atoms with E-state index in [2.05, 4.69) is 6.08 Å². The van der Waals surface area contributed by atoms with Crippen LogP contribution in [0, 0.1) is 0 Å². The molecule has 0 unspecified atom stereocenters. The Bertz CT molecular complexity index is 944. The number of aromatic nitrogens is 2. The SMILES string of the molecule is O=C(CSc1nc2ccccc2c(=O)n1CCC1=CCCCC1)N1CCCC1. The Labute approximate surface area is 169 Å². The van der Waals surface area contributed by atoms with Crippen molar-refractivity contribution < 1.29 is 4.79 Å². The summed E-state index contributed by atoms with van der Waals surface area (Å²) in [5, 5.41) is 1.31. The molecule has 4 rings (SSSR count). The van der Waals surface area contributed by atoms with E-state index in [0.717, 1.165) is 45.2 Å². The number of para-hydroxylation sites is 1. The molecule has 2 heterocycles. The molecule has 5 nitrogen and oxygen atoms in total. The molecule has 1 aromatic heterocycles. The van der Waals surface area contributed by atoms with Crippen LogP contribution in [0.25, 0.3) is 10.9 Å². The highest BCUT2D eigenvalue weighted by Gasteiger charge is 2.20. The van der Waals surface area contributed by atoms with Gasteiger partial charge in [0.1, 0.15) is 0 Å². The Kier molecular flexibility index (Phi) is 6.15. The van der Waals surface area contributed by atoms with Crippen molar-refractivity contribution in [3.8, 4) is 0 Å². The lowest BCUT2D eigenvalue weighted by atomic mass is 9.97. The molecule has 0 radical (unpaired) electrons. The van der Waals surface area contributed by atoms with Crippen LogP contribution in [0.1, 0.15) is 44.9 Å². The van der Waals surface area contributed by atoms with Crippen molar-refractivity contribution in [2.24, 2.45) is 0 Å². The highest BCUT2D eigenvalue weighted by molar-refractivity contribution is 7.99. The molecule has 6 heteroatoms. The first-order valence-corrected chi connectivity index (χ1v) is 11.3. The molecule has 2 aromatic rings. The summed E-state index contributed by atoms with van der Waals surface area (Å²) in [6.45, 7) is 2.33. The Morgan fingerprint density at radius 3 is 2.71 bits per heavy atom. The Hall–Kier alpha value is -2.08. The molecule has 148 valence electrons. The number of benzene rings is 1. The molecule has 1 fully saturated rings. The maximum Gasteiger partial charge on any atom is 0.262 e. The van der Waals surface area contributed by atoms with Crippen LogP contribution in [0.2, 0.25) is 0 Å². The van der Waals surface area contributed by atoms with E-state index in [1.807, 2.05) is 29.2 Å². The highest BCUT2D eigenvalue weighted by Crippen LogP contribution is 2.23. The molecule has 1 amide bonds. The molecule has 2 aliphatic rings. The Balaban J connectivity index is 1.58. The number of rotatable bonds is 6. The fourth-order valence-corrected chi connectivity index (χ4v) is 4.95. The van der Waals surface area contributed by atoms with Gasteiger partial charge in [-0.05, 0) is 57.1 Å². The van der Waals surface area contributed by atoms with E-state index in [-0.39, 0.29) is 11.5 Å². The zero-order chi connectivity index (χ0) is 19.3. The highest BCUT2D eigenvalue weighted by atomic mass is 32.2. The molecule has 28 heavy (non-hydrogen) atoms. The topological polar surface area (TPSA) is 55.2 Å². The largest absolute Gasteiger partial charge is 0.342 e. The lowest BCUT2D eigenvalue weighted by Crippen LogP contribution is -2.30. The van der Waals surface area contributed by atoms with E-state index in [1.54, 1.807) is 4.57 Å². The first-order chi connectivity index (χ1) is 13.7. The minimum absolute atomic E-state index is 0.00173. The normalized spacial score (nSPS) is 17.1. The number of carbonyl (C=O) groups excluding carboxylic acids is 1. The van der Waals surface area contributed by atoms with E-state index < -0.39 is 0 Å². The van der Waals surface area contributed by atoms with Gasteiger partial charge in [0.25, 0.3) is 5.56 Å². The number of hydrogen-bond acceptors (Lipinski definition) is 4. The number of amides is 1. The van der Waals surface area contributed by atoms with Crippen LogP contribution in [-0.2, 0) is 11.3 Å². The number of likely N-dealkylation sites (tertiary alicyclic amines) is 1. The minimum Gasteiger partial charge on any atom is -0.342 e. The predicted molar refractivity (Wildman–Crippen MR) is 114 cm³/mol. The lowest BCUT2D eigenvalue weighted by molar-refractivity contribution is -0.127. The van der Waals surface area contributed by atoms with Gasteiger partial charge in [-0.1, -0.05) is 35.5 Å². The number of allylic oxidation sites excluding steroid dienone is 2. The van der Waals surface area contributed by atoms with Crippen molar-refractivity contribution in [1.82, 2.24) is 14.5 Å². The Morgan fingerprint density at radius 1 is 1.11 bits per heavy atom. The van der Waals surface area contributed by atoms with Gasteiger partial charge in [-0.15, -0.1) is 0 Å². The lowest BCUT2D eigenvalue weighted by Gasteiger charge is -2.17. The molecular weight excluding hydrogens is 370 g/mol. The molecule has 1 aromatic carbocycles. The summed E-state index contributed by atoms with van der Waals surface area (Å²) >= 11 is 1.40. The maximum absolute atomic E-state index is 13.1. The van der Waals surface area contributed by atoms with E-state index in [1.165, 1.54) is 30.2 Å². The van der Waals surface area contributed by atoms with Crippen molar-refractivity contribution in [2.45, 2.75) is 56.6 Å². The van der Waals surface area contributed by atoms with Crippen LogP contribution in [-0.4, -0.2) is 39.2 Å². The number of fused-ring (bicyclic) bond motifs is 1. The molecule has 0 bridgehead atoms. The van der Waals surface area contributed by atoms with E-state index >= 15 is 0 Å². The molecular formula is C22H27N3O2S. The van der Waals surface area contributed by atoms with Gasteiger partial charge in [0.2, 0.25) is 5.91 Å². The summed E-state index contributed by atoms with van der Waals surface area (Å²) in [4.78, 5) is 32.2. The van der Waals surface area contributed by atoms with Gasteiger partial charge in [-0.3, -0.25) is 14.2 Å². The number of carbonyl (C=O) groups is 1. The summed E-state index contributed by atoms with van der Waals surface area (Å²) in [6.07, 6.45) is 10.2. The molecule has 1 saturated heterocycles. The molecule has 0 saturated carbocycles. The second kappa shape index (κ2) is 8.95. The maximum atomic E-state index is 13.1. The third kappa shape index (κ3) is 4.32. The fourth-order valence-electron chi connectivity index (χ4n) is 4.03. The number of thioether (sulfide) groups is 1. The van der Waals surface area contributed by atoms with Crippen molar-refractivity contribution in [3.63, 3.8) is 0 Å². The second-order valence-corrected chi connectivity index (χ2v) is 8.55. The van der Waals surface area contributed by atoms with Crippen molar-refractivity contribution >= 4 is 28.6 Å². The summed E-state index contributed by atoms with van der Waals surface area (Å²) < 4.78 is 1.78. The molecule has 1 aliphatic carbocycles. The van der Waals surface area contributed by atoms with Crippen LogP contribution in [0.4, 0.5) is 0 Å². The summed E-state index contributed by atoms with van der Waals surface area (Å²) in [5.74, 6) is 0.486. The standard InChI is InChI=1S/C22H27N3O2S/c26-20(24-13-6-7-14-24)16-28-22-23-19-11-5-4-10-18(19)21(27)25(22)15-12-17-8-2-1-3-9-17/h4-5,8,10-11H,1-3,6-7,9,12-16H2. The predicted octanol–water partition coefficient (Wildman–Crippen LogP) is 4.00. The van der Waals surface area contributed by atoms with E-state index in [0.29, 0.717) is 28.4 Å². The summed E-state index contributed by atoms with van der Waals surface area (Å²) in [5.41, 5.74) is 2.14. The van der Waals surface area contributed by atoms with Gasteiger partial charge in [-0.25, -0.2) is 4.98 Å². The van der Waals surface area contributed by atoms with Gasteiger partial charge in [-0.2, -0.15) is 0 Å². The van der Waals surface area contributed by atoms with E-state index in [4.69, 9.17) is 4.98 Å². The fraction of sp³-hybridized carbons (Fsp3) is 0.500. The minimum atomic E-state index is -0.00173. The summed E-state index contributed by atoms with van der Waals surface area (Å²) in [7, 11) is 0. The van der Waals surface area contributed by atoms with Crippen LogP contribution in [0.5, 0.6) is 0 Å². The third-order valence-corrected chi connectivity index (χ3v) is 6.61. The number of hydrogen-bond donors (Lipinski definition) is 0. The van der Waals surface area contributed by atoms with Crippen LogP contribution in [0.3, 0.4) is 0 Å². The molecule has 0 spiro atoms. The van der Waals surface area contributed by atoms with Gasteiger partial charge in [0, 0.05) is 19.6 Å². The van der Waals surface area contributed by atoms with Crippen molar-refractivity contribution in [2.75, 3.05) is 18.8 Å². The molecule has 0 N–H and O–H groups in total. The Morgan fingerprint density at radius 2 is 1.93 bits per heavy atom. The van der Waals surface area contributed by atoms with E-state index in [9.17, 15) is 9.59 Å². The van der Waals surface area contributed by atoms with Crippen molar-refractivity contribution in [3.05, 3.63) is 46.3 Å². The number of nitrogens with zero attached hydrogens (tertiary/aromatic N) is 3. The average Bonchev–Trinajstić information content (AvgIpc) is 3.27. The van der Waals surface area contributed by atoms with Gasteiger partial charge < -0.3 is 4.90 Å². The molecule has 1 aliphatic heterocycles. The monoisotopic (exact) mass is 397 g/mol. The van der Waals surface area contributed by atoms with Gasteiger partial charge in [0.05, 0.1) is 16.7 Å². The van der Waals surface area contributed by atoms with Crippen LogP contribution < -0.4 is 5.56 Å². The zero-order valence-electron chi connectivity index (χ0n) is 16.2. The summed E-state index contributed by atoms with van der Waals surface area (Å²) in [6, 6.07) is 7.49. The van der Waals surface area contributed by atoms with Crippen LogP contribution >= 0.6 is 11.8 Å². The van der Waals surface area contributed by atoms with Crippen molar-refractivity contribution in [1.29, 1.82) is 0 Å². The molecule has 0 atom stereocenters. The third-order valence-electron chi connectivity index (χ3n) is 5.65. The van der Waals surface area contributed by atoms with Gasteiger partial charge in [0.15, 0.2) is 5.16 Å². The zero-order valence-corrected chi connectivity index (χ0v) is 17.0. The smallest absolute Gasteiger partial charge is 0.262 e.